The average molecular weight is 450 g/mol. The summed E-state index contributed by atoms with van der Waals surface area (Å²) in [6, 6.07) is 9.33. The van der Waals surface area contributed by atoms with E-state index >= 15 is 0 Å². The van der Waals surface area contributed by atoms with Gasteiger partial charge in [-0.25, -0.2) is 8.42 Å². The Balaban J connectivity index is 1.57. The molecule has 0 spiro atoms. The summed E-state index contributed by atoms with van der Waals surface area (Å²) in [5.74, 6) is -0.461. The number of hydrogen-bond donors (Lipinski definition) is 1. The molecule has 2 heterocycles. The molecule has 30 heavy (non-hydrogen) atoms. The lowest BCUT2D eigenvalue weighted by atomic mass is 9.97. The molecule has 0 saturated carbocycles. The molecule has 9 heteroatoms. The van der Waals surface area contributed by atoms with Crippen LogP contribution < -0.4 is 5.32 Å². The minimum absolute atomic E-state index is 0.0368. The van der Waals surface area contributed by atoms with Crippen LogP contribution in [0.3, 0.4) is 0 Å². The summed E-state index contributed by atoms with van der Waals surface area (Å²) in [7, 11) is -0.405. The highest BCUT2D eigenvalue weighted by molar-refractivity contribution is 7.91. The summed E-state index contributed by atoms with van der Waals surface area (Å²) in [4.78, 5) is 26.0. The van der Waals surface area contributed by atoms with Gasteiger partial charge in [-0.1, -0.05) is 24.3 Å². The normalized spacial score (nSPS) is 15.7. The summed E-state index contributed by atoms with van der Waals surface area (Å²) < 4.78 is 27.4. The number of carbonyl (C=O) groups excluding carboxylic acids is 2. The smallest absolute Gasteiger partial charge is 0.254 e. The highest BCUT2D eigenvalue weighted by Crippen LogP contribution is 2.28. The molecule has 162 valence electrons. The first-order chi connectivity index (χ1) is 14.2. The van der Waals surface area contributed by atoms with E-state index in [2.05, 4.69) is 5.32 Å². The minimum atomic E-state index is -3.66. The van der Waals surface area contributed by atoms with Gasteiger partial charge in [-0.3, -0.25) is 9.59 Å². The van der Waals surface area contributed by atoms with E-state index in [1.54, 1.807) is 19.5 Å². The van der Waals surface area contributed by atoms with Crippen molar-refractivity contribution in [1.82, 2.24) is 14.5 Å². The molecule has 0 aliphatic carbocycles. The molecule has 2 amide bonds. The van der Waals surface area contributed by atoms with Crippen molar-refractivity contribution in [2.75, 3.05) is 27.2 Å². The van der Waals surface area contributed by atoms with Gasteiger partial charge in [-0.2, -0.15) is 4.31 Å². The number of aryl methyl sites for hydroxylation is 1. The zero-order valence-electron chi connectivity index (χ0n) is 17.4. The highest BCUT2D eigenvalue weighted by Gasteiger charge is 2.33. The molecule has 3 rings (SSSR count). The molecule has 1 aliphatic rings. The Kier molecular flexibility index (Phi) is 6.95. The second-order valence-electron chi connectivity index (χ2n) is 7.68. The highest BCUT2D eigenvalue weighted by atomic mass is 32.2. The minimum Gasteiger partial charge on any atom is -0.352 e. The largest absolute Gasteiger partial charge is 0.352 e. The van der Waals surface area contributed by atoms with E-state index in [9.17, 15) is 18.0 Å². The van der Waals surface area contributed by atoms with Crippen LogP contribution in [0.5, 0.6) is 0 Å². The second-order valence-corrected chi connectivity index (χ2v) is 10.8. The molecule has 7 nitrogen and oxygen atoms in total. The third-order valence-electron chi connectivity index (χ3n) is 5.36. The standard InChI is InChI=1S/C21H27N3O4S2/c1-15-6-4-5-7-17(15)13-22-20(25)16-8-10-24(11-9-16)30(27,28)19-12-18(14-29-19)21(26)23(2)3/h4-7,12,14,16H,8-11,13H2,1-3H3,(H,22,25). The molecular formula is C21H27N3O4S2. The van der Waals surface area contributed by atoms with Crippen LogP contribution in [-0.4, -0.2) is 56.6 Å². The average Bonchev–Trinajstić information content (AvgIpc) is 3.23. The van der Waals surface area contributed by atoms with Gasteiger partial charge >= 0.3 is 0 Å². The van der Waals surface area contributed by atoms with Crippen molar-refractivity contribution in [2.24, 2.45) is 5.92 Å². The van der Waals surface area contributed by atoms with Gasteiger partial charge in [0.25, 0.3) is 15.9 Å². The number of hydrogen-bond acceptors (Lipinski definition) is 5. The van der Waals surface area contributed by atoms with Crippen LogP contribution in [0.25, 0.3) is 0 Å². The Bertz CT molecular complexity index is 1020. The van der Waals surface area contributed by atoms with Crippen molar-refractivity contribution in [3.63, 3.8) is 0 Å². The zero-order chi connectivity index (χ0) is 21.9. The first-order valence-electron chi connectivity index (χ1n) is 9.82. The first kappa shape index (κ1) is 22.5. The van der Waals surface area contributed by atoms with Gasteiger partial charge in [0.2, 0.25) is 5.91 Å². The predicted octanol–water partition coefficient (Wildman–Crippen LogP) is 2.48. The molecule has 1 N–H and O–H groups in total. The number of rotatable bonds is 6. The lowest BCUT2D eigenvalue weighted by Crippen LogP contribution is -2.42. The Labute approximate surface area is 181 Å². The van der Waals surface area contributed by atoms with Gasteiger partial charge in [0.15, 0.2) is 0 Å². The zero-order valence-corrected chi connectivity index (χ0v) is 19.1. The molecule has 0 bridgehead atoms. The quantitative estimate of drug-likeness (QED) is 0.734. The number of nitrogens with one attached hydrogen (secondary N) is 1. The lowest BCUT2D eigenvalue weighted by molar-refractivity contribution is -0.126. The summed E-state index contributed by atoms with van der Waals surface area (Å²) >= 11 is 1.05. The van der Waals surface area contributed by atoms with Crippen molar-refractivity contribution in [3.8, 4) is 0 Å². The van der Waals surface area contributed by atoms with Crippen molar-refractivity contribution in [1.29, 1.82) is 0 Å². The molecule has 1 saturated heterocycles. The molecule has 1 aromatic carbocycles. The van der Waals surface area contributed by atoms with Crippen molar-refractivity contribution in [2.45, 2.75) is 30.5 Å². The van der Waals surface area contributed by atoms with E-state index < -0.39 is 10.0 Å². The van der Waals surface area contributed by atoms with Gasteiger partial charge in [0, 0.05) is 45.0 Å². The van der Waals surface area contributed by atoms with Crippen molar-refractivity contribution in [3.05, 3.63) is 52.4 Å². The lowest BCUT2D eigenvalue weighted by Gasteiger charge is -2.30. The fourth-order valence-electron chi connectivity index (χ4n) is 3.44. The van der Waals surface area contributed by atoms with E-state index in [1.165, 1.54) is 15.3 Å². The number of amides is 2. The number of piperidine rings is 1. The first-order valence-corrected chi connectivity index (χ1v) is 12.1. The van der Waals surface area contributed by atoms with Crippen LogP contribution in [-0.2, 0) is 21.4 Å². The summed E-state index contributed by atoms with van der Waals surface area (Å²) in [6.45, 7) is 3.06. The van der Waals surface area contributed by atoms with Gasteiger partial charge in [-0.15, -0.1) is 11.3 Å². The molecule has 0 unspecified atom stereocenters. The third kappa shape index (κ3) is 4.91. The fourth-order valence-corrected chi connectivity index (χ4v) is 6.22. The number of nitrogens with zero attached hydrogens (tertiary/aromatic N) is 2. The maximum Gasteiger partial charge on any atom is 0.254 e. The summed E-state index contributed by atoms with van der Waals surface area (Å²) in [5, 5.41) is 4.54. The van der Waals surface area contributed by atoms with E-state index in [0.717, 1.165) is 22.5 Å². The summed E-state index contributed by atoms with van der Waals surface area (Å²) in [6.07, 6.45) is 0.960. The Morgan fingerprint density at radius 3 is 2.50 bits per heavy atom. The van der Waals surface area contributed by atoms with Crippen molar-refractivity contribution < 1.29 is 18.0 Å². The molecule has 0 atom stereocenters. The van der Waals surface area contributed by atoms with E-state index in [-0.39, 0.29) is 21.9 Å². The maximum absolute atomic E-state index is 12.9. The molecule has 1 aliphatic heterocycles. The van der Waals surface area contributed by atoms with Crippen LogP contribution >= 0.6 is 11.3 Å². The molecule has 0 radical (unpaired) electrons. The number of sulfonamides is 1. The summed E-state index contributed by atoms with van der Waals surface area (Å²) in [5.41, 5.74) is 2.57. The topological polar surface area (TPSA) is 86.8 Å². The Hall–Kier alpha value is -2.23. The number of benzene rings is 1. The monoisotopic (exact) mass is 449 g/mol. The SMILES string of the molecule is Cc1ccccc1CNC(=O)C1CCN(S(=O)(=O)c2cc(C(=O)N(C)C)cs2)CC1. The third-order valence-corrected chi connectivity index (χ3v) is 8.68. The van der Waals surface area contributed by atoms with Gasteiger partial charge in [0.05, 0.1) is 5.56 Å². The van der Waals surface area contributed by atoms with Gasteiger partial charge in [0.1, 0.15) is 4.21 Å². The van der Waals surface area contributed by atoms with Crippen molar-refractivity contribution >= 4 is 33.2 Å². The molecule has 2 aromatic rings. The predicted molar refractivity (Wildman–Crippen MR) is 117 cm³/mol. The van der Waals surface area contributed by atoms with Gasteiger partial charge < -0.3 is 10.2 Å². The van der Waals surface area contributed by atoms with Crippen LogP contribution in [0.15, 0.2) is 39.9 Å². The van der Waals surface area contributed by atoms with Gasteiger partial charge in [-0.05, 0) is 37.0 Å². The Morgan fingerprint density at radius 2 is 1.87 bits per heavy atom. The van der Waals surface area contributed by atoms with E-state index in [0.29, 0.717) is 38.0 Å². The second kappa shape index (κ2) is 9.28. The maximum atomic E-state index is 12.9. The van der Waals surface area contributed by atoms with Crippen LogP contribution in [0.2, 0.25) is 0 Å². The fraction of sp³-hybridized carbons (Fsp3) is 0.429. The Morgan fingerprint density at radius 1 is 1.20 bits per heavy atom. The molecule has 1 aromatic heterocycles. The van der Waals surface area contributed by atoms with E-state index in [4.69, 9.17) is 0 Å². The van der Waals surface area contributed by atoms with E-state index in [1.807, 2.05) is 31.2 Å². The molecule has 1 fully saturated rings. The molecular weight excluding hydrogens is 422 g/mol. The number of thiophene rings is 1. The van der Waals surface area contributed by atoms with Crippen LogP contribution in [0.4, 0.5) is 0 Å². The number of carbonyl (C=O) groups is 2. The van der Waals surface area contributed by atoms with Crippen LogP contribution in [0, 0.1) is 12.8 Å². The van der Waals surface area contributed by atoms with Crippen LogP contribution in [0.1, 0.15) is 34.3 Å².